The van der Waals surface area contributed by atoms with Gasteiger partial charge in [-0.1, -0.05) is 24.9 Å². The molecular weight excluding hydrogens is 390 g/mol. The lowest BCUT2D eigenvalue weighted by Gasteiger charge is -2.10. The summed E-state index contributed by atoms with van der Waals surface area (Å²) in [7, 11) is 2.73. The third kappa shape index (κ3) is 5.14. The van der Waals surface area contributed by atoms with Gasteiger partial charge in [-0.3, -0.25) is 14.9 Å². The van der Waals surface area contributed by atoms with Gasteiger partial charge in [0.05, 0.1) is 37.4 Å². The molecule has 0 aliphatic carbocycles. The maximum atomic E-state index is 12.9. The zero-order valence-electron chi connectivity index (χ0n) is 15.7. The number of benzene rings is 1. The van der Waals surface area contributed by atoms with Gasteiger partial charge >= 0.3 is 0 Å². The molecule has 0 radical (unpaired) electrons. The van der Waals surface area contributed by atoms with E-state index in [2.05, 4.69) is 9.97 Å². The van der Waals surface area contributed by atoms with Crippen LogP contribution in [-0.4, -0.2) is 41.5 Å². The number of nitro groups is 1. The van der Waals surface area contributed by atoms with E-state index >= 15 is 0 Å². The van der Waals surface area contributed by atoms with Crippen molar-refractivity contribution < 1.29 is 23.9 Å². The number of methoxy groups -OCH3 is 2. The first-order valence-electron chi connectivity index (χ1n) is 8.47. The Labute approximate surface area is 166 Å². The van der Waals surface area contributed by atoms with E-state index < -0.39 is 16.4 Å². The van der Waals surface area contributed by atoms with Crippen LogP contribution in [0.1, 0.15) is 41.5 Å². The molecule has 0 saturated heterocycles. The van der Waals surface area contributed by atoms with Gasteiger partial charge in [0.1, 0.15) is 5.56 Å². The van der Waals surface area contributed by atoms with Gasteiger partial charge in [-0.25, -0.2) is 0 Å². The van der Waals surface area contributed by atoms with E-state index in [-0.39, 0.29) is 40.3 Å². The molecule has 0 unspecified atom stereocenters. The van der Waals surface area contributed by atoms with Crippen molar-refractivity contribution in [2.24, 2.45) is 0 Å². The zero-order chi connectivity index (χ0) is 20.7. The minimum absolute atomic E-state index is 0.0422. The summed E-state index contributed by atoms with van der Waals surface area (Å²) in [5.74, 6) is -0.911. The van der Waals surface area contributed by atoms with Gasteiger partial charge in [0.2, 0.25) is 23.4 Å². The van der Waals surface area contributed by atoms with Crippen molar-refractivity contribution in [3.05, 3.63) is 50.3 Å². The van der Waals surface area contributed by atoms with Gasteiger partial charge in [0, 0.05) is 11.6 Å². The van der Waals surface area contributed by atoms with Crippen LogP contribution in [0.4, 0.5) is 5.69 Å². The lowest BCUT2D eigenvalue weighted by atomic mass is 10.0. The zero-order valence-corrected chi connectivity index (χ0v) is 16.5. The highest BCUT2D eigenvalue weighted by molar-refractivity contribution is 6.31. The van der Waals surface area contributed by atoms with Gasteiger partial charge in [-0.15, -0.1) is 0 Å². The average molecular weight is 410 g/mol. The summed E-state index contributed by atoms with van der Waals surface area (Å²) in [4.78, 5) is 31.9. The highest BCUT2D eigenvalue weighted by Crippen LogP contribution is 2.31. The predicted octanol–water partition coefficient (Wildman–Crippen LogP) is 3.60. The molecule has 1 aromatic heterocycles. The molecule has 0 spiro atoms. The van der Waals surface area contributed by atoms with Crippen LogP contribution >= 0.6 is 11.6 Å². The van der Waals surface area contributed by atoms with E-state index in [9.17, 15) is 14.9 Å². The fourth-order valence-electron chi connectivity index (χ4n) is 2.42. The second-order valence-corrected chi connectivity index (χ2v) is 6.17. The normalized spacial score (nSPS) is 10.6. The van der Waals surface area contributed by atoms with Crippen LogP contribution in [0.5, 0.6) is 11.8 Å². The summed E-state index contributed by atoms with van der Waals surface area (Å²) < 4.78 is 15.5. The van der Waals surface area contributed by atoms with Crippen molar-refractivity contribution in [1.82, 2.24) is 9.97 Å². The van der Waals surface area contributed by atoms with Crippen molar-refractivity contribution in [1.29, 1.82) is 0 Å². The van der Waals surface area contributed by atoms with Crippen LogP contribution in [0.3, 0.4) is 0 Å². The van der Waals surface area contributed by atoms with E-state index in [1.165, 1.54) is 32.4 Å². The van der Waals surface area contributed by atoms with Gasteiger partial charge in [-0.05, 0) is 18.6 Å². The molecule has 1 heterocycles. The fourth-order valence-corrected chi connectivity index (χ4v) is 2.66. The quantitative estimate of drug-likeness (QED) is 0.253. The molecule has 1 aromatic carbocycles. The number of unbranched alkanes of at least 4 members (excludes halogenated alkanes) is 1. The third-order valence-electron chi connectivity index (χ3n) is 3.78. The SMILES string of the molecule is CCCCOCc1cc(Cl)cc(C(=O)c2nc(OC)cc(OC)n2)c1[N+](=O)[O-]. The van der Waals surface area contributed by atoms with Crippen molar-refractivity contribution in [3.8, 4) is 11.8 Å². The van der Waals surface area contributed by atoms with E-state index in [0.717, 1.165) is 12.8 Å². The summed E-state index contributed by atoms with van der Waals surface area (Å²) in [6.07, 6.45) is 1.74. The molecule has 0 aliphatic heterocycles. The van der Waals surface area contributed by atoms with Crippen LogP contribution in [0.25, 0.3) is 0 Å². The number of ether oxygens (including phenoxy) is 3. The van der Waals surface area contributed by atoms with Gasteiger partial charge < -0.3 is 14.2 Å². The molecule has 0 atom stereocenters. The second kappa shape index (κ2) is 9.95. The molecule has 2 rings (SSSR count). The smallest absolute Gasteiger partial charge is 0.286 e. The van der Waals surface area contributed by atoms with E-state index in [4.69, 9.17) is 25.8 Å². The van der Waals surface area contributed by atoms with Crippen LogP contribution < -0.4 is 9.47 Å². The van der Waals surface area contributed by atoms with Crippen molar-refractivity contribution in [2.75, 3.05) is 20.8 Å². The highest BCUT2D eigenvalue weighted by Gasteiger charge is 2.28. The number of aromatic nitrogens is 2. The minimum atomic E-state index is -0.777. The molecule has 0 saturated carbocycles. The topological polar surface area (TPSA) is 114 Å². The number of halogens is 1. The first-order valence-corrected chi connectivity index (χ1v) is 8.85. The number of rotatable bonds is 10. The van der Waals surface area contributed by atoms with Crippen LogP contribution in [0, 0.1) is 10.1 Å². The lowest BCUT2D eigenvalue weighted by Crippen LogP contribution is -2.13. The maximum absolute atomic E-state index is 12.9. The Morgan fingerprint density at radius 2 is 1.82 bits per heavy atom. The van der Waals surface area contributed by atoms with E-state index in [1.807, 2.05) is 6.92 Å². The molecule has 0 aliphatic rings. The fraction of sp³-hybridized carbons (Fsp3) is 0.389. The third-order valence-corrected chi connectivity index (χ3v) is 4.00. The molecular formula is C18H20ClN3O6. The molecule has 0 bridgehead atoms. The molecule has 28 heavy (non-hydrogen) atoms. The molecule has 0 N–H and O–H groups in total. The number of nitro benzene ring substituents is 1. The van der Waals surface area contributed by atoms with Crippen LogP contribution in [0.15, 0.2) is 18.2 Å². The number of hydrogen-bond acceptors (Lipinski definition) is 8. The summed E-state index contributed by atoms with van der Waals surface area (Å²) in [6, 6.07) is 4.01. The minimum Gasteiger partial charge on any atom is -0.481 e. The second-order valence-electron chi connectivity index (χ2n) is 5.73. The van der Waals surface area contributed by atoms with Gasteiger partial charge in [0.15, 0.2) is 0 Å². The number of nitrogens with zero attached hydrogens (tertiary/aromatic N) is 3. The summed E-state index contributed by atoms with van der Waals surface area (Å²) in [6.45, 7) is 2.41. The number of carbonyl (C=O) groups excluding carboxylic acids is 1. The molecule has 9 nitrogen and oxygen atoms in total. The summed E-state index contributed by atoms with van der Waals surface area (Å²) in [5.41, 5.74) is -0.426. The number of hydrogen-bond donors (Lipinski definition) is 0. The van der Waals surface area contributed by atoms with E-state index in [1.54, 1.807) is 0 Å². The van der Waals surface area contributed by atoms with Gasteiger partial charge in [0.25, 0.3) is 5.69 Å². The Morgan fingerprint density at radius 3 is 2.36 bits per heavy atom. The Bertz CT molecular complexity index is 852. The summed E-state index contributed by atoms with van der Waals surface area (Å²) >= 11 is 6.09. The molecule has 150 valence electrons. The molecule has 0 amide bonds. The monoisotopic (exact) mass is 409 g/mol. The summed E-state index contributed by atoms with van der Waals surface area (Å²) in [5, 5.41) is 11.9. The Morgan fingerprint density at radius 1 is 1.18 bits per heavy atom. The van der Waals surface area contributed by atoms with Crippen molar-refractivity contribution in [2.45, 2.75) is 26.4 Å². The number of carbonyl (C=O) groups is 1. The molecule has 2 aromatic rings. The molecule has 0 fully saturated rings. The first-order chi connectivity index (χ1) is 13.4. The molecule has 10 heteroatoms. The Kier molecular flexibility index (Phi) is 7.65. The van der Waals surface area contributed by atoms with E-state index in [0.29, 0.717) is 6.61 Å². The Hall–Kier alpha value is -2.78. The van der Waals surface area contributed by atoms with Crippen molar-refractivity contribution in [3.63, 3.8) is 0 Å². The predicted molar refractivity (Wildman–Crippen MR) is 101 cm³/mol. The lowest BCUT2D eigenvalue weighted by molar-refractivity contribution is -0.386. The Balaban J connectivity index is 2.50. The first kappa shape index (κ1) is 21.5. The van der Waals surface area contributed by atoms with Crippen LogP contribution in [-0.2, 0) is 11.3 Å². The number of ketones is 1. The maximum Gasteiger partial charge on any atom is 0.286 e. The average Bonchev–Trinajstić information content (AvgIpc) is 2.69. The van der Waals surface area contributed by atoms with Crippen molar-refractivity contribution >= 4 is 23.1 Å². The van der Waals surface area contributed by atoms with Crippen LogP contribution in [0.2, 0.25) is 5.02 Å². The van der Waals surface area contributed by atoms with Gasteiger partial charge in [-0.2, -0.15) is 9.97 Å². The highest BCUT2D eigenvalue weighted by atomic mass is 35.5. The standard InChI is InChI=1S/C18H20ClN3O6/c1-4-5-6-28-10-11-7-12(19)8-13(16(11)22(24)25)17(23)18-20-14(26-2)9-15(21-18)27-3/h7-9H,4-6,10H2,1-3H3. The largest absolute Gasteiger partial charge is 0.481 e.